The Labute approximate surface area is 90.7 Å². The molecule has 2 atom stereocenters. The Bertz CT molecular complexity index is 311. The molecule has 0 saturated carbocycles. The number of hydrogen-bond acceptors (Lipinski definition) is 3. The largest absolute Gasteiger partial charge is 0.462 e. The standard InChI is InChI=1S/C12H19NO2/c1-9-3-4-10(2)13(9)7-11-5-6-12(8-14)15-11/h5-6,9-10,14H,3-4,7-8H2,1-2H3. The second-order valence-corrected chi connectivity index (χ2v) is 4.47. The molecule has 1 aromatic rings. The van der Waals surface area contributed by atoms with Gasteiger partial charge in [0, 0.05) is 12.1 Å². The number of aliphatic hydroxyl groups excluding tert-OH is 1. The van der Waals surface area contributed by atoms with Crippen LogP contribution in [0.3, 0.4) is 0 Å². The summed E-state index contributed by atoms with van der Waals surface area (Å²) in [6.07, 6.45) is 2.55. The number of nitrogens with zero attached hydrogens (tertiary/aromatic N) is 1. The summed E-state index contributed by atoms with van der Waals surface area (Å²) in [7, 11) is 0. The van der Waals surface area contributed by atoms with Gasteiger partial charge < -0.3 is 9.52 Å². The van der Waals surface area contributed by atoms with Crippen LogP contribution in [0.5, 0.6) is 0 Å². The maximum absolute atomic E-state index is 8.91. The van der Waals surface area contributed by atoms with Crippen molar-refractivity contribution in [3.63, 3.8) is 0 Å². The molecule has 1 saturated heterocycles. The molecule has 1 aliphatic heterocycles. The molecule has 0 aliphatic carbocycles. The molecule has 1 N–H and O–H groups in total. The highest BCUT2D eigenvalue weighted by Crippen LogP contribution is 2.25. The molecule has 0 aromatic carbocycles. The molecule has 2 rings (SSSR count). The zero-order chi connectivity index (χ0) is 10.8. The molecule has 2 heterocycles. The predicted molar refractivity (Wildman–Crippen MR) is 58.3 cm³/mol. The highest BCUT2D eigenvalue weighted by atomic mass is 16.4. The first-order chi connectivity index (χ1) is 7.20. The van der Waals surface area contributed by atoms with E-state index < -0.39 is 0 Å². The molecular formula is C12H19NO2. The van der Waals surface area contributed by atoms with Gasteiger partial charge in [-0.1, -0.05) is 0 Å². The Hall–Kier alpha value is -0.800. The van der Waals surface area contributed by atoms with Crippen LogP contribution in [0.1, 0.15) is 38.2 Å². The minimum absolute atomic E-state index is 0.00882. The van der Waals surface area contributed by atoms with Crippen molar-refractivity contribution in [3.8, 4) is 0 Å². The lowest BCUT2D eigenvalue weighted by molar-refractivity contribution is 0.181. The van der Waals surface area contributed by atoms with E-state index >= 15 is 0 Å². The molecule has 0 radical (unpaired) electrons. The van der Waals surface area contributed by atoms with Gasteiger partial charge in [0.05, 0.1) is 6.54 Å². The van der Waals surface area contributed by atoms with Gasteiger partial charge in [-0.05, 0) is 38.8 Å². The summed E-state index contributed by atoms with van der Waals surface area (Å²) in [4.78, 5) is 2.46. The van der Waals surface area contributed by atoms with Crippen LogP contribution in [0.4, 0.5) is 0 Å². The third-order valence-corrected chi connectivity index (χ3v) is 3.35. The Balaban J connectivity index is 2.01. The van der Waals surface area contributed by atoms with Crippen LogP contribution in [-0.4, -0.2) is 22.1 Å². The van der Waals surface area contributed by atoms with Gasteiger partial charge in [-0.25, -0.2) is 0 Å². The molecule has 1 fully saturated rings. The molecule has 1 aromatic heterocycles. The molecule has 2 unspecified atom stereocenters. The van der Waals surface area contributed by atoms with Gasteiger partial charge in [0.1, 0.15) is 18.1 Å². The molecule has 1 aliphatic rings. The van der Waals surface area contributed by atoms with E-state index in [1.54, 1.807) is 0 Å². The second kappa shape index (κ2) is 4.37. The summed E-state index contributed by atoms with van der Waals surface area (Å²) in [6.45, 7) is 5.38. The Morgan fingerprint density at radius 3 is 2.40 bits per heavy atom. The average molecular weight is 209 g/mol. The fraction of sp³-hybridized carbons (Fsp3) is 0.667. The van der Waals surface area contributed by atoms with Crippen molar-refractivity contribution in [2.45, 2.75) is 51.9 Å². The Morgan fingerprint density at radius 1 is 1.27 bits per heavy atom. The first-order valence-corrected chi connectivity index (χ1v) is 5.65. The van der Waals surface area contributed by atoms with E-state index in [0.717, 1.165) is 12.3 Å². The summed E-state index contributed by atoms with van der Waals surface area (Å²) in [6, 6.07) is 5.09. The minimum atomic E-state index is -0.00882. The molecular weight excluding hydrogens is 190 g/mol. The van der Waals surface area contributed by atoms with E-state index in [9.17, 15) is 0 Å². The highest BCUT2D eigenvalue weighted by molar-refractivity contribution is 5.07. The normalized spacial score (nSPS) is 27.4. The van der Waals surface area contributed by atoms with E-state index in [4.69, 9.17) is 9.52 Å². The van der Waals surface area contributed by atoms with Crippen molar-refractivity contribution < 1.29 is 9.52 Å². The average Bonchev–Trinajstić information content (AvgIpc) is 2.80. The molecule has 0 amide bonds. The Kier molecular flexibility index (Phi) is 3.12. The van der Waals surface area contributed by atoms with Crippen LogP contribution >= 0.6 is 0 Å². The molecule has 84 valence electrons. The van der Waals surface area contributed by atoms with Crippen molar-refractivity contribution in [1.82, 2.24) is 4.90 Å². The van der Waals surface area contributed by atoms with Gasteiger partial charge >= 0.3 is 0 Å². The first-order valence-electron chi connectivity index (χ1n) is 5.65. The fourth-order valence-corrected chi connectivity index (χ4v) is 2.33. The van der Waals surface area contributed by atoms with E-state index in [0.29, 0.717) is 17.8 Å². The SMILES string of the molecule is CC1CCC(C)N1Cc1ccc(CO)o1. The van der Waals surface area contributed by atoms with Crippen LogP contribution in [-0.2, 0) is 13.2 Å². The van der Waals surface area contributed by atoms with E-state index in [-0.39, 0.29) is 6.61 Å². The van der Waals surface area contributed by atoms with Crippen LogP contribution in [0.25, 0.3) is 0 Å². The van der Waals surface area contributed by atoms with Crippen LogP contribution in [0.15, 0.2) is 16.5 Å². The van der Waals surface area contributed by atoms with Gasteiger partial charge in [0.2, 0.25) is 0 Å². The number of hydrogen-bond donors (Lipinski definition) is 1. The topological polar surface area (TPSA) is 36.6 Å². The van der Waals surface area contributed by atoms with E-state index in [1.165, 1.54) is 12.8 Å². The van der Waals surface area contributed by atoms with Crippen molar-refractivity contribution in [3.05, 3.63) is 23.7 Å². The van der Waals surface area contributed by atoms with Crippen molar-refractivity contribution in [1.29, 1.82) is 0 Å². The lowest BCUT2D eigenvalue weighted by atomic mass is 10.2. The summed E-state index contributed by atoms with van der Waals surface area (Å²) in [5.41, 5.74) is 0. The first kappa shape index (κ1) is 10.7. The lowest BCUT2D eigenvalue weighted by Crippen LogP contribution is -2.31. The van der Waals surface area contributed by atoms with Gasteiger partial charge in [-0.2, -0.15) is 0 Å². The number of rotatable bonds is 3. The fourth-order valence-electron chi connectivity index (χ4n) is 2.33. The molecule has 0 spiro atoms. The zero-order valence-corrected chi connectivity index (χ0v) is 9.44. The summed E-state index contributed by atoms with van der Waals surface area (Å²) < 4.78 is 5.50. The van der Waals surface area contributed by atoms with Crippen LogP contribution in [0.2, 0.25) is 0 Å². The van der Waals surface area contributed by atoms with Crippen molar-refractivity contribution in [2.75, 3.05) is 0 Å². The van der Waals surface area contributed by atoms with Gasteiger partial charge in [-0.3, -0.25) is 4.90 Å². The number of furan rings is 1. The molecule has 0 bridgehead atoms. The minimum Gasteiger partial charge on any atom is -0.462 e. The summed E-state index contributed by atoms with van der Waals surface area (Å²) >= 11 is 0. The van der Waals surface area contributed by atoms with Crippen LogP contribution < -0.4 is 0 Å². The van der Waals surface area contributed by atoms with Gasteiger partial charge in [0.25, 0.3) is 0 Å². The van der Waals surface area contributed by atoms with Crippen LogP contribution in [0, 0.1) is 0 Å². The maximum atomic E-state index is 8.91. The zero-order valence-electron chi connectivity index (χ0n) is 9.44. The van der Waals surface area contributed by atoms with Gasteiger partial charge in [0.15, 0.2) is 0 Å². The second-order valence-electron chi connectivity index (χ2n) is 4.47. The van der Waals surface area contributed by atoms with E-state index in [1.807, 2.05) is 12.1 Å². The monoisotopic (exact) mass is 209 g/mol. The Morgan fingerprint density at radius 2 is 1.87 bits per heavy atom. The highest BCUT2D eigenvalue weighted by Gasteiger charge is 2.27. The molecule has 3 heteroatoms. The maximum Gasteiger partial charge on any atom is 0.129 e. The predicted octanol–water partition coefficient (Wildman–Crippen LogP) is 2.14. The molecule has 15 heavy (non-hydrogen) atoms. The van der Waals surface area contributed by atoms with E-state index in [2.05, 4.69) is 18.7 Å². The quantitative estimate of drug-likeness (QED) is 0.828. The number of aliphatic hydroxyl groups is 1. The summed E-state index contributed by atoms with van der Waals surface area (Å²) in [5.74, 6) is 1.61. The lowest BCUT2D eigenvalue weighted by Gasteiger charge is -2.24. The molecule has 3 nitrogen and oxygen atoms in total. The smallest absolute Gasteiger partial charge is 0.129 e. The van der Waals surface area contributed by atoms with Crippen molar-refractivity contribution in [2.24, 2.45) is 0 Å². The third kappa shape index (κ3) is 2.24. The third-order valence-electron chi connectivity index (χ3n) is 3.35. The van der Waals surface area contributed by atoms with Crippen molar-refractivity contribution >= 4 is 0 Å². The number of likely N-dealkylation sites (tertiary alicyclic amines) is 1. The summed E-state index contributed by atoms with van der Waals surface area (Å²) in [5, 5.41) is 8.91. The van der Waals surface area contributed by atoms with Gasteiger partial charge in [-0.15, -0.1) is 0 Å².